The van der Waals surface area contributed by atoms with E-state index in [9.17, 15) is 9.59 Å². The lowest BCUT2D eigenvalue weighted by Crippen LogP contribution is -2.12. The van der Waals surface area contributed by atoms with Gasteiger partial charge in [0.05, 0.1) is 6.26 Å². The van der Waals surface area contributed by atoms with E-state index in [0.29, 0.717) is 0 Å². The average molecular weight is 262 g/mol. The first kappa shape index (κ1) is 12.8. The van der Waals surface area contributed by atoms with Gasteiger partial charge in [0.2, 0.25) is 5.76 Å². The molecule has 0 aliphatic rings. The van der Waals surface area contributed by atoms with Gasteiger partial charge in [-0.2, -0.15) is 0 Å². The van der Waals surface area contributed by atoms with Crippen molar-refractivity contribution in [3.05, 3.63) is 48.4 Å². The SMILES string of the molecule is O=C(CO)Oc1cccc(OC(=O)c2ccco2)c1. The number of hydrogen-bond donors (Lipinski definition) is 1. The second kappa shape index (κ2) is 5.83. The summed E-state index contributed by atoms with van der Waals surface area (Å²) in [5.74, 6) is -1.02. The standard InChI is InChI=1S/C13H10O6/c14-8-12(15)18-9-3-1-4-10(7-9)19-13(16)11-5-2-6-17-11/h1-7,14H,8H2. The Kier molecular flexibility index (Phi) is 3.94. The van der Waals surface area contributed by atoms with Crippen molar-refractivity contribution in [3.8, 4) is 11.5 Å². The van der Waals surface area contributed by atoms with Crippen molar-refractivity contribution < 1.29 is 28.6 Å². The highest BCUT2D eigenvalue weighted by molar-refractivity contribution is 5.88. The maximum absolute atomic E-state index is 11.6. The number of aliphatic hydroxyl groups excluding tert-OH is 1. The molecule has 0 aliphatic carbocycles. The molecule has 1 heterocycles. The molecule has 0 radical (unpaired) electrons. The summed E-state index contributed by atoms with van der Waals surface area (Å²) in [7, 11) is 0. The molecular formula is C13H10O6. The van der Waals surface area contributed by atoms with Crippen LogP contribution in [0.5, 0.6) is 11.5 Å². The summed E-state index contributed by atoms with van der Waals surface area (Å²) in [4.78, 5) is 22.5. The highest BCUT2D eigenvalue weighted by Gasteiger charge is 2.12. The number of rotatable bonds is 4. The second-order valence-electron chi connectivity index (χ2n) is 3.47. The van der Waals surface area contributed by atoms with Crippen molar-refractivity contribution in [2.45, 2.75) is 0 Å². The molecule has 0 aliphatic heterocycles. The predicted molar refractivity (Wildman–Crippen MR) is 62.8 cm³/mol. The molecule has 98 valence electrons. The van der Waals surface area contributed by atoms with Gasteiger partial charge < -0.3 is 19.0 Å². The van der Waals surface area contributed by atoms with Crippen LogP contribution in [0.4, 0.5) is 0 Å². The minimum Gasteiger partial charge on any atom is -0.457 e. The number of ether oxygens (including phenoxy) is 2. The molecule has 0 spiro atoms. The largest absolute Gasteiger partial charge is 0.457 e. The highest BCUT2D eigenvalue weighted by atomic mass is 16.6. The number of hydrogen-bond acceptors (Lipinski definition) is 6. The Morgan fingerprint density at radius 2 is 1.84 bits per heavy atom. The fraction of sp³-hybridized carbons (Fsp3) is 0.0769. The molecule has 1 N–H and O–H groups in total. The summed E-state index contributed by atoms with van der Waals surface area (Å²) in [6.07, 6.45) is 1.36. The third-order valence-electron chi connectivity index (χ3n) is 2.10. The van der Waals surface area contributed by atoms with Gasteiger partial charge in [-0.15, -0.1) is 0 Å². The molecular weight excluding hydrogens is 252 g/mol. The van der Waals surface area contributed by atoms with Crippen LogP contribution in [0.1, 0.15) is 10.6 Å². The fourth-order valence-corrected chi connectivity index (χ4v) is 1.32. The molecule has 1 aromatic carbocycles. The highest BCUT2D eigenvalue weighted by Crippen LogP contribution is 2.20. The van der Waals surface area contributed by atoms with E-state index in [1.807, 2.05) is 0 Å². The molecule has 19 heavy (non-hydrogen) atoms. The normalized spacial score (nSPS) is 9.95. The van der Waals surface area contributed by atoms with Crippen LogP contribution >= 0.6 is 0 Å². The Morgan fingerprint density at radius 1 is 1.11 bits per heavy atom. The number of furan rings is 1. The van der Waals surface area contributed by atoms with Gasteiger partial charge in [0.25, 0.3) is 0 Å². The Labute approximate surface area is 108 Å². The average Bonchev–Trinajstić information content (AvgIpc) is 2.93. The molecule has 0 saturated carbocycles. The van der Waals surface area contributed by atoms with E-state index in [1.165, 1.54) is 30.5 Å². The monoisotopic (exact) mass is 262 g/mol. The van der Waals surface area contributed by atoms with E-state index in [2.05, 4.69) is 0 Å². The number of carbonyl (C=O) groups excluding carboxylic acids is 2. The molecule has 0 bridgehead atoms. The molecule has 0 unspecified atom stereocenters. The molecule has 2 aromatic rings. The van der Waals surface area contributed by atoms with E-state index >= 15 is 0 Å². The molecule has 0 saturated heterocycles. The van der Waals surface area contributed by atoms with Gasteiger partial charge in [-0.25, -0.2) is 9.59 Å². The lowest BCUT2D eigenvalue weighted by atomic mass is 10.3. The molecule has 1 aromatic heterocycles. The van der Waals surface area contributed by atoms with Crippen LogP contribution in [-0.4, -0.2) is 23.7 Å². The minimum absolute atomic E-state index is 0.0674. The van der Waals surface area contributed by atoms with Crippen molar-refractivity contribution in [1.29, 1.82) is 0 Å². The first-order valence-corrected chi connectivity index (χ1v) is 5.36. The van der Waals surface area contributed by atoms with Crippen molar-refractivity contribution in [2.24, 2.45) is 0 Å². The van der Waals surface area contributed by atoms with Crippen LogP contribution < -0.4 is 9.47 Å². The summed E-state index contributed by atoms with van der Waals surface area (Å²) in [6.45, 7) is -0.726. The van der Waals surface area contributed by atoms with Gasteiger partial charge in [-0.05, 0) is 24.3 Å². The van der Waals surface area contributed by atoms with Crippen LogP contribution in [0.2, 0.25) is 0 Å². The second-order valence-corrected chi connectivity index (χ2v) is 3.47. The zero-order chi connectivity index (χ0) is 13.7. The molecule has 6 nitrogen and oxygen atoms in total. The van der Waals surface area contributed by atoms with Crippen molar-refractivity contribution in [3.63, 3.8) is 0 Å². The van der Waals surface area contributed by atoms with Crippen molar-refractivity contribution in [2.75, 3.05) is 6.61 Å². The Hall–Kier alpha value is -2.60. The third kappa shape index (κ3) is 3.43. The van der Waals surface area contributed by atoms with Crippen molar-refractivity contribution >= 4 is 11.9 Å². The zero-order valence-electron chi connectivity index (χ0n) is 9.74. The van der Waals surface area contributed by atoms with Crippen molar-refractivity contribution in [1.82, 2.24) is 0 Å². The summed E-state index contributed by atoms with van der Waals surface area (Å²) < 4.78 is 14.7. The number of aliphatic hydroxyl groups is 1. The Morgan fingerprint density at radius 3 is 2.47 bits per heavy atom. The quantitative estimate of drug-likeness (QED) is 0.662. The summed E-state index contributed by atoms with van der Waals surface area (Å²) in [5.41, 5.74) is 0. The van der Waals surface area contributed by atoms with Gasteiger partial charge >= 0.3 is 11.9 Å². The van der Waals surface area contributed by atoms with Gasteiger partial charge in [-0.3, -0.25) is 0 Å². The maximum Gasteiger partial charge on any atom is 0.379 e. The molecule has 6 heteroatoms. The number of carbonyl (C=O) groups is 2. The summed E-state index contributed by atoms with van der Waals surface area (Å²) in [5, 5.41) is 8.56. The minimum atomic E-state index is -0.797. The van der Waals surface area contributed by atoms with Gasteiger partial charge in [0.15, 0.2) is 0 Å². The molecule has 2 rings (SSSR count). The Balaban J connectivity index is 2.07. The van der Waals surface area contributed by atoms with E-state index in [4.69, 9.17) is 19.0 Å². The molecule has 0 fully saturated rings. The van der Waals surface area contributed by atoms with E-state index in [-0.39, 0.29) is 17.3 Å². The molecule has 0 amide bonds. The zero-order valence-corrected chi connectivity index (χ0v) is 9.74. The lowest BCUT2D eigenvalue weighted by molar-refractivity contribution is -0.137. The smallest absolute Gasteiger partial charge is 0.379 e. The fourth-order valence-electron chi connectivity index (χ4n) is 1.32. The first-order valence-electron chi connectivity index (χ1n) is 5.36. The summed E-state index contributed by atoms with van der Waals surface area (Å²) >= 11 is 0. The maximum atomic E-state index is 11.6. The number of benzene rings is 1. The Bertz CT molecular complexity index is 573. The van der Waals surface area contributed by atoms with Gasteiger partial charge in [0.1, 0.15) is 18.1 Å². The van der Waals surface area contributed by atoms with Gasteiger partial charge in [0, 0.05) is 6.07 Å². The van der Waals surface area contributed by atoms with E-state index in [1.54, 1.807) is 12.1 Å². The van der Waals surface area contributed by atoms with E-state index in [0.717, 1.165) is 0 Å². The third-order valence-corrected chi connectivity index (χ3v) is 2.10. The van der Waals surface area contributed by atoms with Crippen LogP contribution in [0.25, 0.3) is 0 Å². The lowest BCUT2D eigenvalue weighted by Gasteiger charge is -2.05. The first-order chi connectivity index (χ1) is 9.19. The topological polar surface area (TPSA) is 86.0 Å². The predicted octanol–water partition coefficient (Wildman–Crippen LogP) is 1.40. The van der Waals surface area contributed by atoms with Crippen LogP contribution in [0.15, 0.2) is 47.1 Å². The van der Waals surface area contributed by atoms with Crippen LogP contribution in [0.3, 0.4) is 0 Å². The van der Waals surface area contributed by atoms with Crippen LogP contribution in [0, 0.1) is 0 Å². The van der Waals surface area contributed by atoms with Crippen LogP contribution in [-0.2, 0) is 4.79 Å². The van der Waals surface area contributed by atoms with E-state index < -0.39 is 18.5 Å². The van der Waals surface area contributed by atoms with Gasteiger partial charge in [-0.1, -0.05) is 6.07 Å². The number of esters is 2. The molecule has 0 atom stereocenters. The summed E-state index contributed by atoms with van der Waals surface area (Å²) in [6, 6.07) is 8.96.